The topological polar surface area (TPSA) is 20.3 Å². The highest BCUT2D eigenvalue weighted by atomic mass is 35.5. The Hall–Kier alpha value is -0.540. The third-order valence-corrected chi connectivity index (χ3v) is 4.27. The minimum absolute atomic E-state index is 0. The molecule has 5 heteroatoms. The average molecular weight is 379 g/mol. The van der Waals surface area contributed by atoms with Gasteiger partial charge in [0, 0.05) is 12.5 Å². The Morgan fingerprint density at radius 2 is 1.91 bits per heavy atom. The van der Waals surface area contributed by atoms with Crippen molar-refractivity contribution in [3.8, 4) is 0 Å². The summed E-state index contributed by atoms with van der Waals surface area (Å²) in [5.41, 5.74) is 0.889. The first kappa shape index (κ1) is 22.5. The van der Waals surface area contributed by atoms with E-state index in [2.05, 4.69) is 11.8 Å². The summed E-state index contributed by atoms with van der Waals surface area (Å²) in [7, 11) is 4.01. The normalized spacial score (nSPS) is 12.4. The largest absolute Gasteiger partial charge is 0.309 e. The fourth-order valence-electron chi connectivity index (χ4n) is 2.34. The van der Waals surface area contributed by atoms with E-state index in [-0.39, 0.29) is 24.1 Å². The summed E-state index contributed by atoms with van der Waals surface area (Å²) in [6, 6.07) is 5.37. The zero-order valence-corrected chi connectivity index (χ0v) is 16.3. The summed E-state index contributed by atoms with van der Waals surface area (Å²) in [4.78, 5) is 14.5. The van der Waals surface area contributed by atoms with Gasteiger partial charge in [-0.15, -0.1) is 12.4 Å². The maximum Gasteiger partial charge on any atom is 0.160 e. The van der Waals surface area contributed by atoms with Crippen molar-refractivity contribution < 1.29 is 4.79 Å². The molecule has 0 saturated carbocycles. The lowest BCUT2D eigenvalue weighted by atomic mass is 9.95. The third kappa shape index (κ3) is 8.76. The van der Waals surface area contributed by atoms with Crippen LogP contribution < -0.4 is 0 Å². The van der Waals surface area contributed by atoms with Crippen LogP contribution >= 0.6 is 35.6 Å². The van der Waals surface area contributed by atoms with Crippen molar-refractivity contribution in [3.63, 3.8) is 0 Å². The van der Waals surface area contributed by atoms with E-state index < -0.39 is 0 Å². The number of allylic oxidation sites excluding steroid dienone is 1. The van der Waals surface area contributed by atoms with E-state index in [0.29, 0.717) is 10.0 Å². The van der Waals surface area contributed by atoms with E-state index in [9.17, 15) is 4.79 Å². The van der Waals surface area contributed by atoms with Crippen LogP contribution in [0, 0.1) is 5.92 Å². The molecule has 0 aromatic heterocycles. The Labute approximate surface area is 156 Å². The Bertz CT molecular complexity index is 515. The second-order valence-corrected chi connectivity index (χ2v) is 6.68. The molecule has 0 radical (unpaired) electrons. The highest BCUT2D eigenvalue weighted by Gasteiger charge is 2.16. The first-order chi connectivity index (χ1) is 10.4. The minimum Gasteiger partial charge on any atom is -0.309 e. The van der Waals surface area contributed by atoms with E-state index in [1.165, 1.54) is 12.8 Å². The highest BCUT2D eigenvalue weighted by Crippen LogP contribution is 2.23. The van der Waals surface area contributed by atoms with Gasteiger partial charge in [0.25, 0.3) is 0 Å². The zero-order valence-electron chi connectivity index (χ0n) is 14.0. The zero-order chi connectivity index (χ0) is 16.5. The van der Waals surface area contributed by atoms with Gasteiger partial charge in [-0.2, -0.15) is 0 Å². The van der Waals surface area contributed by atoms with Crippen molar-refractivity contribution in [1.29, 1.82) is 0 Å². The van der Waals surface area contributed by atoms with Gasteiger partial charge < -0.3 is 4.90 Å². The van der Waals surface area contributed by atoms with Gasteiger partial charge in [-0.3, -0.25) is 4.79 Å². The number of nitrogens with zero attached hydrogens (tertiary/aromatic N) is 1. The molecule has 23 heavy (non-hydrogen) atoms. The Morgan fingerprint density at radius 1 is 1.22 bits per heavy atom. The van der Waals surface area contributed by atoms with Gasteiger partial charge in [0.1, 0.15) is 0 Å². The Balaban J connectivity index is 0.00000484. The number of carbonyl (C=O) groups excluding carboxylic acids is 1. The van der Waals surface area contributed by atoms with Crippen LogP contribution in [-0.4, -0.2) is 31.3 Å². The number of benzene rings is 1. The fourth-order valence-corrected chi connectivity index (χ4v) is 2.64. The van der Waals surface area contributed by atoms with Crippen molar-refractivity contribution >= 4 is 47.5 Å². The third-order valence-electron chi connectivity index (χ3n) is 3.53. The molecule has 1 atom stereocenters. The average Bonchev–Trinajstić information content (AvgIpc) is 2.47. The van der Waals surface area contributed by atoms with Crippen LogP contribution in [0.25, 0.3) is 6.08 Å². The number of carbonyl (C=O) groups is 1. The van der Waals surface area contributed by atoms with Gasteiger partial charge in [0.05, 0.1) is 10.0 Å². The standard InChI is InChI=1S/C18H25Cl2NO.ClH/c1-4-5-6-7-15(13-21(2)3)18(22)11-9-14-8-10-16(19)17(20)12-14;/h8-12,15H,4-7,13H2,1-3H3;1H/b11-9+;. The lowest BCUT2D eigenvalue weighted by molar-refractivity contribution is -0.118. The Morgan fingerprint density at radius 3 is 2.48 bits per heavy atom. The molecule has 1 aromatic carbocycles. The lowest BCUT2D eigenvalue weighted by Gasteiger charge is -2.18. The predicted octanol–water partition coefficient (Wildman–Crippen LogP) is 5.76. The predicted molar refractivity (Wildman–Crippen MR) is 104 cm³/mol. The van der Waals surface area contributed by atoms with Crippen LogP contribution in [0.5, 0.6) is 0 Å². The molecule has 0 fully saturated rings. The van der Waals surface area contributed by atoms with Crippen LogP contribution in [0.1, 0.15) is 38.2 Å². The molecule has 0 amide bonds. The molecular formula is C18H26Cl3NO. The van der Waals surface area contributed by atoms with E-state index in [4.69, 9.17) is 23.2 Å². The molecule has 1 rings (SSSR count). The van der Waals surface area contributed by atoms with Crippen molar-refractivity contribution in [3.05, 3.63) is 39.9 Å². The number of ketones is 1. The first-order valence-corrected chi connectivity index (χ1v) is 8.51. The van der Waals surface area contributed by atoms with E-state index in [0.717, 1.165) is 24.9 Å². The van der Waals surface area contributed by atoms with Crippen LogP contribution in [0.2, 0.25) is 10.0 Å². The highest BCUT2D eigenvalue weighted by molar-refractivity contribution is 6.42. The second kappa shape index (κ2) is 11.9. The van der Waals surface area contributed by atoms with Crippen LogP contribution in [0.3, 0.4) is 0 Å². The monoisotopic (exact) mass is 377 g/mol. The molecule has 0 N–H and O–H groups in total. The number of rotatable bonds is 9. The maximum atomic E-state index is 12.4. The minimum atomic E-state index is 0. The molecule has 2 nitrogen and oxygen atoms in total. The maximum absolute atomic E-state index is 12.4. The number of hydrogen-bond acceptors (Lipinski definition) is 2. The molecular weight excluding hydrogens is 353 g/mol. The van der Waals surface area contributed by atoms with E-state index >= 15 is 0 Å². The van der Waals surface area contributed by atoms with Crippen LogP contribution in [0.15, 0.2) is 24.3 Å². The number of unbranched alkanes of at least 4 members (excludes halogenated alkanes) is 2. The SMILES string of the molecule is CCCCCC(CN(C)C)C(=O)/C=C/c1ccc(Cl)c(Cl)c1.Cl. The molecule has 0 aliphatic heterocycles. The molecule has 0 saturated heterocycles. The molecule has 0 aliphatic carbocycles. The quantitative estimate of drug-likeness (QED) is 0.402. The van der Waals surface area contributed by atoms with Gasteiger partial charge in [-0.25, -0.2) is 0 Å². The summed E-state index contributed by atoms with van der Waals surface area (Å²) < 4.78 is 0. The Kier molecular flexibility index (Phi) is 11.6. The summed E-state index contributed by atoms with van der Waals surface area (Å²) in [6.45, 7) is 2.96. The number of halogens is 3. The molecule has 0 bridgehead atoms. The van der Waals surface area contributed by atoms with E-state index in [1.54, 1.807) is 18.2 Å². The van der Waals surface area contributed by atoms with Gasteiger partial charge in [-0.1, -0.05) is 61.5 Å². The van der Waals surface area contributed by atoms with E-state index in [1.807, 2.05) is 26.2 Å². The van der Waals surface area contributed by atoms with Crippen LogP contribution in [-0.2, 0) is 4.79 Å². The van der Waals surface area contributed by atoms with Crippen LogP contribution in [0.4, 0.5) is 0 Å². The molecule has 0 aliphatic rings. The summed E-state index contributed by atoms with van der Waals surface area (Å²) in [6.07, 6.45) is 7.86. The van der Waals surface area contributed by atoms with Gasteiger partial charge in [0.15, 0.2) is 5.78 Å². The van der Waals surface area contributed by atoms with Crippen molar-refractivity contribution in [2.75, 3.05) is 20.6 Å². The molecule has 0 spiro atoms. The molecule has 0 heterocycles. The summed E-state index contributed by atoms with van der Waals surface area (Å²) in [5.74, 6) is 0.233. The number of hydrogen-bond donors (Lipinski definition) is 0. The summed E-state index contributed by atoms with van der Waals surface area (Å²) in [5, 5.41) is 1.03. The van der Waals surface area contributed by atoms with Crippen molar-refractivity contribution in [1.82, 2.24) is 4.90 Å². The summed E-state index contributed by atoms with van der Waals surface area (Å²) >= 11 is 11.9. The molecule has 1 unspecified atom stereocenters. The molecule has 130 valence electrons. The fraction of sp³-hybridized carbons (Fsp3) is 0.500. The van der Waals surface area contributed by atoms with Crippen molar-refractivity contribution in [2.45, 2.75) is 32.6 Å². The second-order valence-electron chi connectivity index (χ2n) is 5.86. The smallest absolute Gasteiger partial charge is 0.160 e. The van der Waals surface area contributed by atoms with Gasteiger partial charge in [-0.05, 0) is 44.3 Å². The van der Waals surface area contributed by atoms with Gasteiger partial charge >= 0.3 is 0 Å². The van der Waals surface area contributed by atoms with Crippen molar-refractivity contribution in [2.24, 2.45) is 5.92 Å². The lowest BCUT2D eigenvalue weighted by Crippen LogP contribution is -2.27. The first-order valence-electron chi connectivity index (χ1n) is 7.75. The molecule has 1 aromatic rings. The van der Waals surface area contributed by atoms with Gasteiger partial charge in [0.2, 0.25) is 0 Å².